The van der Waals surface area contributed by atoms with Crippen LogP contribution in [0.4, 0.5) is 0 Å². The smallest absolute Gasteiger partial charge is 0.0332 e. The normalized spacial score (nSPS) is 11.1. The number of benzene rings is 1. The molecule has 0 unspecified atom stereocenters. The van der Waals surface area contributed by atoms with E-state index in [4.69, 9.17) is 5.73 Å². The molecule has 0 bridgehead atoms. The quantitative estimate of drug-likeness (QED) is 0.839. The molecular formula is C16H22N2S. The number of rotatable bonds is 7. The molecule has 1 heterocycles. The summed E-state index contributed by atoms with van der Waals surface area (Å²) < 4.78 is 0. The topological polar surface area (TPSA) is 29.3 Å². The predicted octanol–water partition coefficient (Wildman–Crippen LogP) is 3.27. The highest BCUT2D eigenvalue weighted by Gasteiger charge is 2.08. The van der Waals surface area contributed by atoms with Crippen molar-refractivity contribution in [3.63, 3.8) is 0 Å². The summed E-state index contributed by atoms with van der Waals surface area (Å²) in [5, 5.41) is 0. The summed E-state index contributed by atoms with van der Waals surface area (Å²) in [6.45, 7) is 5.82. The minimum Gasteiger partial charge on any atom is -0.329 e. The molecule has 3 heteroatoms. The number of aryl methyl sites for hydroxylation is 1. The van der Waals surface area contributed by atoms with Gasteiger partial charge in [-0.3, -0.25) is 4.90 Å². The van der Waals surface area contributed by atoms with Crippen LogP contribution in [0.5, 0.6) is 0 Å². The molecule has 1 aromatic heterocycles. The first-order valence-corrected chi connectivity index (χ1v) is 7.67. The largest absolute Gasteiger partial charge is 0.329 e. The van der Waals surface area contributed by atoms with Gasteiger partial charge in [-0.25, -0.2) is 0 Å². The molecule has 19 heavy (non-hydrogen) atoms. The number of hydrogen-bond acceptors (Lipinski definition) is 3. The van der Waals surface area contributed by atoms with Crippen molar-refractivity contribution in [3.8, 4) is 0 Å². The molecule has 0 aliphatic heterocycles. The molecule has 0 aliphatic rings. The molecule has 1 aromatic carbocycles. The van der Waals surface area contributed by atoms with Crippen molar-refractivity contribution in [3.05, 3.63) is 57.8 Å². The van der Waals surface area contributed by atoms with E-state index in [-0.39, 0.29) is 0 Å². The first kappa shape index (κ1) is 14.3. The van der Waals surface area contributed by atoms with Gasteiger partial charge in [0.25, 0.3) is 0 Å². The van der Waals surface area contributed by atoms with Gasteiger partial charge in [-0.1, -0.05) is 37.3 Å². The average Bonchev–Trinajstić information content (AvgIpc) is 2.88. The number of nitrogens with two attached hydrogens (primary N) is 1. The minimum atomic E-state index is 0.707. The maximum Gasteiger partial charge on any atom is 0.0332 e. The fourth-order valence-corrected chi connectivity index (χ4v) is 3.16. The maximum absolute atomic E-state index is 5.73. The lowest BCUT2D eigenvalue weighted by atomic mass is 10.2. The van der Waals surface area contributed by atoms with Crippen LogP contribution in [0, 0.1) is 0 Å². The Morgan fingerprint density at radius 2 is 1.74 bits per heavy atom. The highest BCUT2D eigenvalue weighted by Crippen LogP contribution is 2.19. The molecule has 0 amide bonds. The van der Waals surface area contributed by atoms with Gasteiger partial charge in [-0.05, 0) is 24.1 Å². The second-order valence-electron chi connectivity index (χ2n) is 4.71. The lowest BCUT2D eigenvalue weighted by molar-refractivity contribution is 0.267. The zero-order chi connectivity index (χ0) is 13.5. The van der Waals surface area contributed by atoms with Gasteiger partial charge in [-0.2, -0.15) is 0 Å². The van der Waals surface area contributed by atoms with Crippen LogP contribution in [0.15, 0.2) is 42.5 Å². The van der Waals surface area contributed by atoms with Gasteiger partial charge in [0, 0.05) is 35.9 Å². The Balaban J connectivity index is 1.99. The summed E-state index contributed by atoms with van der Waals surface area (Å²) in [5.74, 6) is 0. The van der Waals surface area contributed by atoms with Gasteiger partial charge in [-0.15, -0.1) is 11.3 Å². The van der Waals surface area contributed by atoms with Crippen LogP contribution >= 0.6 is 11.3 Å². The molecule has 0 saturated heterocycles. The van der Waals surface area contributed by atoms with Gasteiger partial charge in [0.2, 0.25) is 0 Å². The van der Waals surface area contributed by atoms with Crippen molar-refractivity contribution in [2.75, 3.05) is 13.1 Å². The third kappa shape index (κ3) is 4.46. The van der Waals surface area contributed by atoms with Gasteiger partial charge < -0.3 is 5.73 Å². The predicted molar refractivity (Wildman–Crippen MR) is 83.3 cm³/mol. The van der Waals surface area contributed by atoms with Crippen LogP contribution < -0.4 is 5.73 Å². The molecule has 0 saturated carbocycles. The first-order chi connectivity index (χ1) is 9.31. The summed E-state index contributed by atoms with van der Waals surface area (Å²) in [5.41, 5.74) is 7.08. The third-order valence-corrected chi connectivity index (χ3v) is 4.35. The second kappa shape index (κ2) is 7.43. The van der Waals surface area contributed by atoms with Crippen LogP contribution in [0.2, 0.25) is 0 Å². The van der Waals surface area contributed by atoms with Crippen molar-refractivity contribution in [2.24, 2.45) is 5.73 Å². The lowest BCUT2D eigenvalue weighted by Crippen LogP contribution is -2.28. The van der Waals surface area contributed by atoms with E-state index in [2.05, 4.69) is 54.3 Å². The van der Waals surface area contributed by atoms with E-state index in [1.54, 1.807) is 0 Å². The Labute approximate surface area is 119 Å². The van der Waals surface area contributed by atoms with Crippen LogP contribution in [0.1, 0.15) is 22.2 Å². The second-order valence-corrected chi connectivity index (χ2v) is 5.96. The van der Waals surface area contributed by atoms with E-state index in [1.165, 1.54) is 15.3 Å². The van der Waals surface area contributed by atoms with Crippen LogP contribution in [-0.4, -0.2) is 18.0 Å². The molecule has 2 nitrogen and oxygen atoms in total. The van der Waals surface area contributed by atoms with Crippen LogP contribution in [0.3, 0.4) is 0 Å². The van der Waals surface area contributed by atoms with E-state index >= 15 is 0 Å². The monoisotopic (exact) mass is 274 g/mol. The van der Waals surface area contributed by atoms with Crippen molar-refractivity contribution in [2.45, 2.75) is 26.4 Å². The molecule has 0 aliphatic carbocycles. The fourth-order valence-electron chi connectivity index (χ4n) is 2.16. The molecule has 0 radical (unpaired) electrons. The number of thiophene rings is 1. The standard InChI is InChI=1S/C16H22N2S/c1-2-15-8-9-16(19-15)13-18(11-10-17)12-14-6-4-3-5-7-14/h3-9H,2,10-13,17H2,1H3. The van der Waals surface area contributed by atoms with Crippen LogP contribution in [-0.2, 0) is 19.5 Å². The highest BCUT2D eigenvalue weighted by atomic mass is 32.1. The molecule has 2 rings (SSSR count). The van der Waals surface area contributed by atoms with Crippen molar-refractivity contribution >= 4 is 11.3 Å². The number of nitrogens with zero attached hydrogens (tertiary/aromatic N) is 1. The third-order valence-electron chi connectivity index (χ3n) is 3.14. The van der Waals surface area contributed by atoms with Gasteiger partial charge in [0.1, 0.15) is 0 Å². The fraction of sp³-hybridized carbons (Fsp3) is 0.375. The molecule has 2 N–H and O–H groups in total. The summed E-state index contributed by atoms with van der Waals surface area (Å²) in [7, 11) is 0. The first-order valence-electron chi connectivity index (χ1n) is 6.85. The Bertz CT molecular complexity index is 479. The summed E-state index contributed by atoms with van der Waals surface area (Å²) in [4.78, 5) is 5.31. The van der Waals surface area contributed by atoms with Crippen molar-refractivity contribution in [1.29, 1.82) is 0 Å². The van der Waals surface area contributed by atoms with E-state index in [9.17, 15) is 0 Å². The van der Waals surface area contributed by atoms with Gasteiger partial charge in [0.05, 0.1) is 0 Å². The van der Waals surface area contributed by atoms with Crippen LogP contribution in [0.25, 0.3) is 0 Å². The zero-order valence-corrected chi connectivity index (χ0v) is 12.3. The molecule has 0 spiro atoms. The zero-order valence-electron chi connectivity index (χ0n) is 11.5. The summed E-state index contributed by atoms with van der Waals surface area (Å²) in [6, 6.07) is 15.1. The number of hydrogen-bond donors (Lipinski definition) is 1. The maximum atomic E-state index is 5.73. The Hall–Kier alpha value is -1.16. The molecule has 102 valence electrons. The highest BCUT2D eigenvalue weighted by molar-refractivity contribution is 7.11. The van der Waals surface area contributed by atoms with E-state index < -0.39 is 0 Å². The molecule has 0 fully saturated rings. The van der Waals surface area contributed by atoms with Gasteiger partial charge in [0.15, 0.2) is 0 Å². The SMILES string of the molecule is CCc1ccc(CN(CCN)Cc2ccccc2)s1. The van der Waals surface area contributed by atoms with Gasteiger partial charge >= 0.3 is 0 Å². The average molecular weight is 274 g/mol. The van der Waals surface area contributed by atoms with E-state index in [1.807, 2.05) is 11.3 Å². The molecule has 0 atom stereocenters. The van der Waals surface area contributed by atoms with Crippen molar-refractivity contribution in [1.82, 2.24) is 4.90 Å². The summed E-state index contributed by atoms with van der Waals surface area (Å²) in [6.07, 6.45) is 1.13. The Kier molecular flexibility index (Phi) is 5.58. The molecule has 2 aromatic rings. The summed E-state index contributed by atoms with van der Waals surface area (Å²) >= 11 is 1.92. The van der Waals surface area contributed by atoms with Crippen molar-refractivity contribution < 1.29 is 0 Å². The lowest BCUT2D eigenvalue weighted by Gasteiger charge is -2.20. The minimum absolute atomic E-state index is 0.707. The Morgan fingerprint density at radius 3 is 2.37 bits per heavy atom. The Morgan fingerprint density at radius 1 is 1.00 bits per heavy atom. The van der Waals surface area contributed by atoms with E-state index in [0.29, 0.717) is 6.54 Å². The van der Waals surface area contributed by atoms with E-state index in [0.717, 1.165) is 26.1 Å². The molecular weight excluding hydrogens is 252 g/mol.